The second kappa shape index (κ2) is 7.61. The van der Waals surface area contributed by atoms with Gasteiger partial charge in [-0.2, -0.15) is 4.98 Å². The van der Waals surface area contributed by atoms with Gasteiger partial charge in [-0.3, -0.25) is 4.79 Å². The van der Waals surface area contributed by atoms with Crippen LogP contribution in [0.4, 0.5) is 5.69 Å². The Labute approximate surface area is 157 Å². The van der Waals surface area contributed by atoms with Gasteiger partial charge in [0.2, 0.25) is 11.8 Å². The summed E-state index contributed by atoms with van der Waals surface area (Å²) < 4.78 is 10.7. The lowest BCUT2D eigenvalue weighted by Crippen LogP contribution is -2.16. The number of carbonyl (C=O) groups is 1. The third-order valence-corrected chi connectivity index (χ3v) is 4.60. The van der Waals surface area contributed by atoms with Crippen molar-refractivity contribution in [3.8, 4) is 5.75 Å². The molecule has 1 aromatic heterocycles. The van der Waals surface area contributed by atoms with Crippen LogP contribution in [0.5, 0.6) is 5.75 Å². The minimum atomic E-state index is -0.101. The fraction of sp³-hybridized carbons (Fsp3) is 0.286. The van der Waals surface area contributed by atoms with Crippen LogP contribution in [0.3, 0.4) is 0 Å². The summed E-state index contributed by atoms with van der Waals surface area (Å²) in [6.45, 7) is 0. The minimum Gasteiger partial charge on any atom is -0.496 e. The lowest BCUT2D eigenvalue weighted by atomic mass is 10.1. The van der Waals surface area contributed by atoms with E-state index in [0.717, 1.165) is 35.5 Å². The summed E-state index contributed by atoms with van der Waals surface area (Å²) in [7, 11) is 1.60. The van der Waals surface area contributed by atoms with E-state index in [1.807, 2.05) is 48.5 Å². The number of ether oxygens (including phenoxy) is 1. The first-order valence-corrected chi connectivity index (χ1v) is 9.05. The fourth-order valence-electron chi connectivity index (χ4n) is 3.02. The van der Waals surface area contributed by atoms with Crippen LogP contribution in [0, 0.1) is 0 Å². The smallest absolute Gasteiger partial charge is 0.231 e. The Morgan fingerprint density at radius 3 is 2.67 bits per heavy atom. The van der Waals surface area contributed by atoms with Gasteiger partial charge in [-0.05, 0) is 30.5 Å². The Hall–Kier alpha value is -3.15. The van der Waals surface area contributed by atoms with Crippen LogP contribution in [-0.4, -0.2) is 23.2 Å². The highest BCUT2D eigenvalue weighted by Crippen LogP contribution is 2.38. The van der Waals surface area contributed by atoms with Crippen LogP contribution in [0.1, 0.15) is 41.6 Å². The largest absolute Gasteiger partial charge is 0.496 e. The number of nitrogens with one attached hydrogen (secondary N) is 1. The first kappa shape index (κ1) is 17.3. The SMILES string of the molecule is COc1ccccc1CC(=O)Nc1ccccc1Cc1nc(C2CC2)no1. The lowest BCUT2D eigenvalue weighted by molar-refractivity contribution is -0.115. The highest BCUT2D eigenvalue weighted by molar-refractivity contribution is 5.93. The normalized spacial score (nSPS) is 13.4. The summed E-state index contributed by atoms with van der Waals surface area (Å²) in [5, 5.41) is 7.04. The first-order valence-electron chi connectivity index (χ1n) is 9.05. The monoisotopic (exact) mass is 363 g/mol. The topological polar surface area (TPSA) is 77.2 Å². The minimum absolute atomic E-state index is 0.101. The van der Waals surface area contributed by atoms with E-state index in [4.69, 9.17) is 9.26 Å². The number of methoxy groups -OCH3 is 1. The van der Waals surface area contributed by atoms with Crippen molar-refractivity contribution in [1.29, 1.82) is 0 Å². The van der Waals surface area contributed by atoms with Crippen molar-refractivity contribution in [3.63, 3.8) is 0 Å². The van der Waals surface area contributed by atoms with E-state index in [0.29, 0.717) is 24.0 Å². The molecule has 0 spiro atoms. The predicted octanol–water partition coefficient (Wildman–Crippen LogP) is 3.73. The summed E-state index contributed by atoms with van der Waals surface area (Å²) in [6.07, 6.45) is 3.00. The number of para-hydroxylation sites is 2. The van der Waals surface area contributed by atoms with Crippen molar-refractivity contribution in [1.82, 2.24) is 10.1 Å². The number of benzene rings is 2. The number of hydrogen-bond donors (Lipinski definition) is 1. The zero-order chi connectivity index (χ0) is 18.6. The highest BCUT2D eigenvalue weighted by Gasteiger charge is 2.28. The standard InChI is InChI=1S/C21H21N3O3/c1-26-18-9-5-3-7-16(18)12-19(25)22-17-8-4-2-6-15(17)13-20-23-21(24-27-20)14-10-11-14/h2-9,14H,10-13H2,1H3,(H,22,25). The molecule has 0 atom stereocenters. The lowest BCUT2D eigenvalue weighted by Gasteiger charge is -2.11. The molecule has 1 heterocycles. The number of amides is 1. The summed E-state index contributed by atoms with van der Waals surface area (Å²) in [6, 6.07) is 15.2. The Kier molecular flexibility index (Phi) is 4.87. The highest BCUT2D eigenvalue weighted by atomic mass is 16.5. The van der Waals surface area contributed by atoms with E-state index in [1.54, 1.807) is 7.11 Å². The fourth-order valence-corrected chi connectivity index (χ4v) is 3.02. The zero-order valence-electron chi connectivity index (χ0n) is 15.1. The van der Waals surface area contributed by atoms with Crippen molar-refractivity contribution in [3.05, 3.63) is 71.4 Å². The van der Waals surface area contributed by atoms with Crippen molar-refractivity contribution >= 4 is 11.6 Å². The number of hydrogen-bond acceptors (Lipinski definition) is 5. The third-order valence-electron chi connectivity index (χ3n) is 4.60. The molecule has 6 heteroatoms. The first-order chi connectivity index (χ1) is 13.2. The van der Waals surface area contributed by atoms with Crippen molar-refractivity contribution in [2.45, 2.75) is 31.6 Å². The molecular formula is C21H21N3O3. The summed E-state index contributed by atoms with van der Waals surface area (Å²) >= 11 is 0. The molecule has 27 heavy (non-hydrogen) atoms. The molecule has 2 aromatic carbocycles. The van der Waals surface area contributed by atoms with Gasteiger partial charge in [-0.25, -0.2) is 0 Å². The average Bonchev–Trinajstić information content (AvgIpc) is 3.43. The quantitative estimate of drug-likeness (QED) is 0.692. The molecule has 138 valence electrons. The van der Waals surface area contributed by atoms with E-state index in [9.17, 15) is 4.79 Å². The number of nitrogens with zero attached hydrogens (tertiary/aromatic N) is 2. The van der Waals surface area contributed by atoms with Crippen LogP contribution >= 0.6 is 0 Å². The van der Waals surface area contributed by atoms with Gasteiger partial charge in [0.05, 0.1) is 20.0 Å². The summed E-state index contributed by atoms with van der Waals surface area (Å²) in [4.78, 5) is 17.0. The second-order valence-electron chi connectivity index (χ2n) is 6.69. The molecule has 6 nitrogen and oxygen atoms in total. The van der Waals surface area contributed by atoms with Crippen LogP contribution in [0.2, 0.25) is 0 Å². The molecule has 1 saturated carbocycles. The van der Waals surface area contributed by atoms with Gasteiger partial charge < -0.3 is 14.6 Å². The maximum atomic E-state index is 12.5. The number of rotatable bonds is 7. The molecule has 4 rings (SSSR count). The summed E-state index contributed by atoms with van der Waals surface area (Å²) in [5.74, 6) is 2.43. The van der Waals surface area contributed by atoms with Gasteiger partial charge in [0.1, 0.15) is 5.75 Å². The molecule has 1 fully saturated rings. The van der Waals surface area contributed by atoms with Crippen LogP contribution in [0.15, 0.2) is 53.1 Å². The van der Waals surface area contributed by atoms with Crippen molar-refractivity contribution in [2.24, 2.45) is 0 Å². The van der Waals surface area contributed by atoms with Crippen molar-refractivity contribution in [2.75, 3.05) is 12.4 Å². The van der Waals surface area contributed by atoms with Gasteiger partial charge >= 0.3 is 0 Å². The molecule has 1 N–H and O–H groups in total. The van der Waals surface area contributed by atoms with Gasteiger partial charge in [0.25, 0.3) is 0 Å². The van der Waals surface area contributed by atoms with Gasteiger partial charge in [-0.1, -0.05) is 41.6 Å². The molecule has 0 unspecified atom stereocenters. The molecule has 3 aromatic rings. The van der Waals surface area contributed by atoms with E-state index < -0.39 is 0 Å². The zero-order valence-corrected chi connectivity index (χ0v) is 15.1. The van der Waals surface area contributed by atoms with E-state index in [1.165, 1.54) is 0 Å². The number of anilines is 1. The molecule has 1 aliphatic carbocycles. The molecule has 0 saturated heterocycles. The van der Waals surface area contributed by atoms with Gasteiger partial charge in [-0.15, -0.1) is 0 Å². The van der Waals surface area contributed by atoms with E-state index in [2.05, 4.69) is 15.5 Å². The number of aromatic nitrogens is 2. The Morgan fingerprint density at radius 1 is 1.15 bits per heavy atom. The van der Waals surface area contributed by atoms with E-state index in [-0.39, 0.29) is 12.3 Å². The van der Waals surface area contributed by atoms with Gasteiger partial charge in [0, 0.05) is 17.2 Å². The van der Waals surface area contributed by atoms with E-state index >= 15 is 0 Å². The van der Waals surface area contributed by atoms with Crippen LogP contribution in [0.25, 0.3) is 0 Å². The van der Waals surface area contributed by atoms with Crippen LogP contribution in [-0.2, 0) is 17.6 Å². The van der Waals surface area contributed by atoms with Gasteiger partial charge in [0.15, 0.2) is 5.82 Å². The molecule has 0 radical (unpaired) electrons. The third kappa shape index (κ3) is 4.16. The Balaban J connectivity index is 1.46. The molecule has 0 bridgehead atoms. The second-order valence-corrected chi connectivity index (χ2v) is 6.69. The Bertz CT molecular complexity index is 947. The number of carbonyl (C=O) groups excluding carboxylic acids is 1. The van der Waals surface area contributed by atoms with Crippen LogP contribution < -0.4 is 10.1 Å². The van der Waals surface area contributed by atoms with Crippen molar-refractivity contribution < 1.29 is 14.1 Å². The predicted molar refractivity (Wildman–Crippen MR) is 101 cm³/mol. The summed E-state index contributed by atoms with van der Waals surface area (Å²) in [5.41, 5.74) is 2.54. The Morgan fingerprint density at radius 2 is 1.89 bits per heavy atom. The molecule has 1 aliphatic rings. The maximum Gasteiger partial charge on any atom is 0.231 e. The maximum absolute atomic E-state index is 12.5. The molecule has 0 aliphatic heterocycles. The molecule has 1 amide bonds. The average molecular weight is 363 g/mol. The molecular weight excluding hydrogens is 342 g/mol.